The molecule has 0 aromatic carbocycles. The number of carbonyl (C=O) groups excluding carboxylic acids is 1. The Morgan fingerprint density at radius 3 is 2.67 bits per heavy atom. The molecule has 5 nitrogen and oxygen atoms in total. The van der Waals surface area contributed by atoms with Gasteiger partial charge in [-0.3, -0.25) is 9.89 Å². The molecule has 4 N–H and O–H groups in total. The van der Waals surface area contributed by atoms with Crippen molar-refractivity contribution >= 4 is 18.3 Å². The fourth-order valence-electron chi connectivity index (χ4n) is 1.79. The highest BCUT2D eigenvalue weighted by Crippen LogP contribution is 2.04. The maximum atomic E-state index is 11.8. The van der Waals surface area contributed by atoms with Crippen LogP contribution >= 0.6 is 12.4 Å². The molecule has 0 aliphatic carbocycles. The number of nitrogens with zero attached hydrogens (tertiary/aromatic N) is 1. The molecule has 0 aliphatic heterocycles. The Kier molecular flexibility index (Phi) is 7.62. The Balaban J connectivity index is 0.00000289. The van der Waals surface area contributed by atoms with Crippen LogP contribution in [0.3, 0.4) is 0 Å². The molecule has 0 fully saturated rings. The van der Waals surface area contributed by atoms with E-state index in [1.807, 2.05) is 13.0 Å². The zero-order valence-corrected chi connectivity index (χ0v) is 12.0. The molecule has 104 valence electrons. The minimum absolute atomic E-state index is 0. The summed E-state index contributed by atoms with van der Waals surface area (Å²) in [5, 5.41) is 9.79. The van der Waals surface area contributed by atoms with Gasteiger partial charge in [-0.2, -0.15) is 5.10 Å². The Morgan fingerprint density at radius 2 is 2.22 bits per heavy atom. The fourth-order valence-corrected chi connectivity index (χ4v) is 1.79. The number of nitrogens with two attached hydrogens (primary N) is 1. The van der Waals surface area contributed by atoms with E-state index in [2.05, 4.69) is 29.4 Å². The molecule has 18 heavy (non-hydrogen) atoms. The van der Waals surface area contributed by atoms with Crippen molar-refractivity contribution in [2.75, 3.05) is 6.54 Å². The van der Waals surface area contributed by atoms with E-state index in [1.54, 1.807) is 0 Å². The monoisotopic (exact) mass is 274 g/mol. The van der Waals surface area contributed by atoms with Crippen molar-refractivity contribution in [3.63, 3.8) is 0 Å². The Bertz CT molecular complexity index is 365. The van der Waals surface area contributed by atoms with Gasteiger partial charge in [0.15, 0.2) is 0 Å². The van der Waals surface area contributed by atoms with Gasteiger partial charge in [-0.1, -0.05) is 13.8 Å². The fraction of sp³-hybridized carbons (Fsp3) is 0.667. The van der Waals surface area contributed by atoms with Gasteiger partial charge in [0, 0.05) is 18.3 Å². The number of amides is 1. The predicted molar refractivity (Wildman–Crippen MR) is 74.7 cm³/mol. The van der Waals surface area contributed by atoms with Crippen molar-refractivity contribution in [2.45, 2.75) is 39.7 Å². The van der Waals surface area contributed by atoms with E-state index < -0.39 is 0 Å². The molecular formula is C12H23ClN4O. The van der Waals surface area contributed by atoms with E-state index in [4.69, 9.17) is 5.73 Å². The summed E-state index contributed by atoms with van der Waals surface area (Å²) in [4.78, 5) is 11.8. The third kappa shape index (κ3) is 6.02. The molecule has 0 saturated carbocycles. The first-order valence-corrected chi connectivity index (χ1v) is 6.01. The van der Waals surface area contributed by atoms with E-state index in [0.717, 1.165) is 17.8 Å². The number of aromatic nitrogens is 2. The number of aryl methyl sites for hydroxylation is 1. The highest BCUT2D eigenvalue weighted by atomic mass is 35.5. The number of aromatic amines is 1. The van der Waals surface area contributed by atoms with Gasteiger partial charge in [0.1, 0.15) is 0 Å². The van der Waals surface area contributed by atoms with Gasteiger partial charge in [0.25, 0.3) is 0 Å². The van der Waals surface area contributed by atoms with Crippen LogP contribution in [0.5, 0.6) is 0 Å². The van der Waals surface area contributed by atoms with Crippen LogP contribution in [-0.2, 0) is 11.2 Å². The minimum Gasteiger partial charge on any atom is -0.352 e. The van der Waals surface area contributed by atoms with Crippen LogP contribution < -0.4 is 11.1 Å². The molecule has 1 unspecified atom stereocenters. The standard InChI is InChI=1S/C12H22N4O.ClH/c1-8(2)4-11(7-13)14-12(17)6-10-5-9(3)15-16-10;/h5,8,11H,4,6-7,13H2,1-3H3,(H,14,17)(H,15,16);1H. The lowest BCUT2D eigenvalue weighted by molar-refractivity contribution is -0.121. The zero-order chi connectivity index (χ0) is 12.8. The average Bonchev–Trinajstić information content (AvgIpc) is 2.62. The molecule has 0 saturated heterocycles. The Morgan fingerprint density at radius 1 is 1.56 bits per heavy atom. The third-order valence-electron chi connectivity index (χ3n) is 2.51. The van der Waals surface area contributed by atoms with Gasteiger partial charge in [-0.05, 0) is 25.3 Å². The number of halogens is 1. The molecule has 1 aromatic heterocycles. The van der Waals surface area contributed by atoms with Gasteiger partial charge in [0.2, 0.25) is 5.91 Å². The number of nitrogens with one attached hydrogen (secondary N) is 2. The first kappa shape index (κ1) is 16.9. The molecule has 6 heteroatoms. The van der Waals surface area contributed by atoms with E-state index in [9.17, 15) is 4.79 Å². The number of rotatable bonds is 6. The van der Waals surface area contributed by atoms with Crippen LogP contribution in [0.15, 0.2) is 6.07 Å². The van der Waals surface area contributed by atoms with E-state index in [1.165, 1.54) is 0 Å². The topological polar surface area (TPSA) is 83.8 Å². The molecule has 1 heterocycles. The van der Waals surface area contributed by atoms with Crippen molar-refractivity contribution in [3.05, 3.63) is 17.5 Å². The van der Waals surface area contributed by atoms with Crippen molar-refractivity contribution in [1.82, 2.24) is 15.5 Å². The highest BCUT2D eigenvalue weighted by molar-refractivity contribution is 5.85. The number of hydrogen-bond donors (Lipinski definition) is 3. The molecular weight excluding hydrogens is 252 g/mol. The van der Waals surface area contributed by atoms with Crippen molar-refractivity contribution < 1.29 is 4.79 Å². The summed E-state index contributed by atoms with van der Waals surface area (Å²) < 4.78 is 0. The minimum atomic E-state index is -0.0207. The van der Waals surface area contributed by atoms with Crippen LogP contribution in [0.2, 0.25) is 0 Å². The second kappa shape index (κ2) is 8.11. The van der Waals surface area contributed by atoms with Crippen LogP contribution in [-0.4, -0.2) is 28.7 Å². The highest BCUT2D eigenvalue weighted by Gasteiger charge is 2.13. The maximum absolute atomic E-state index is 11.8. The van der Waals surface area contributed by atoms with Crippen LogP contribution in [0.25, 0.3) is 0 Å². The zero-order valence-electron chi connectivity index (χ0n) is 11.2. The van der Waals surface area contributed by atoms with Gasteiger partial charge in [-0.15, -0.1) is 12.4 Å². The predicted octanol–water partition coefficient (Wildman–Crippen LogP) is 1.17. The summed E-state index contributed by atoms with van der Waals surface area (Å²) in [5.41, 5.74) is 7.36. The molecule has 0 spiro atoms. The smallest absolute Gasteiger partial charge is 0.226 e. The van der Waals surface area contributed by atoms with Crippen molar-refractivity contribution in [3.8, 4) is 0 Å². The third-order valence-corrected chi connectivity index (χ3v) is 2.51. The quantitative estimate of drug-likeness (QED) is 0.728. The Labute approximate surface area is 114 Å². The summed E-state index contributed by atoms with van der Waals surface area (Å²) in [6.07, 6.45) is 1.21. The van der Waals surface area contributed by atoms with Gasteiger partial charge >= 0.3 is 0 Å². The summed E-state index contributed by atoms with van der Waals surface area (Å²) in [6.45, 7) is 6.62. The summed E-state index contributed by atoms with van der Waals surface area (Å²) >= 11 is 0. The summed E-state index contributed by atoms with van der Waals surface area (Å²) in [7, 11) is 0. The van der Waals surface area contributed by atoms with Gasteiger partial charge < -0.3 is 11.1 Å². The normalized spacial score (nSPS) is 12.1. The molecule has 1 rings (SSSR count). The first-order chi connectivity index (χ1) is 8.01. The largest absolute Gasteiger partial charge is 0.352 e. The molecule has 1 atom stereocenters. The summed E-state index contributed by atoms with van der Waals surface area (Å²) in [5.74, 6) is 0.504. The van der Waals surface area contributed by atoms with Gasteiger partial charge in [0.05, 0.1) is 12.1 Å². The lowest BCUT2D eigenvalue weighted by atomic mass is 10.0. The number of hydrogen-bond acceptors (Lipinski definition) is 3. The molecule has 0 bridgehead atoms. The van der Waals surface area contributed by atoms with Gasteiger partial charge in [-0.25, -0.2) is 0 Å². The molecule has 0 aliphatic rings. The Hall–Kier alpha value is -1.07. The van der Waals surface area contributed by atoms with Crippen molar-refractivity contribution in [1.29, 1.82) is 0 Å². The molecule has 1 aromatic rings. The number of H-pyrrole nitrogens is 1. The second-order valence-corrected chi connectivity index (χ2v) is 4.85. The average molecular weight is 275 g/mol. The summed E-state index contributed by atoms with van der Waals surface area (Å²) in [6, 6.07) is 1.93. The van der Waals surface area contributed by atoms with E-state index in [-0.39, 0.29) is 24.4 Å². The van der Waals surface area contributed by atoms with Crippen LogP contribution in [0.1, 0.15) is 31.7 Å². The molecule has 0 radical (unpaired) electrons. The maximum Gasteiger partial charge on any atom is 0.226 e. The first-order valence-electron chi connectivity index (χ1n) is 6.01. The number of carbonyl (C=O) groups is 1. The van der Waals surface area contributed by atoms with Crippen LogP contribution in [0, 0.1) is 12.8 Å². The second-order valence-electron chi connectivity index (χ2n) is 4.85. The molecule has 1 amide bonds. The SMILES string of the molecule is Cc1cc(CC(=O)NC(CN)CC(C)C)n[nH]1.Cl. The van der Waals surface area contributed by atoms with Crippen molar-refractivity contribution in [2.24, 2.45) is 11.7 Å². The lowest BCUT2D eigenvalue weighted by Gasteiger charge is -2.18. The lowest BCUT2D eigenvalue weighted by Crippen LogP contribution is -2.41. The van der Waals surface area contributed by atoms with E-state index in [0.29, 0.717) is 18.9 Å². The van der Waals surface area contributed by atoms with Crippen LogP contribution in [0.4, 0.5) is 0 Å². The van der Waals surface area contributed by atoms with E-state index >= 15 is 0 Å².